The highest BCUT2D eigenvalue weighted by Crippen LogP contribution is 2.29. The Balaban J connectivity index is 2.30. The summed E-state index contributed by atoms with van der Waals surface area (Å²) in [5.41, 5.74) is 2.55. The zero-order valence-electron chi connectivity index (χ0n) is 11.8. The SMILES string of the molecule is Cc1[nH]nc(-c2cccc(F)c2)c1NC(=O)CC(C)C. The van der Waals surface area contributed by atoms with Crippen molar-refractivity contribution >= 4 is 11.6 Å². The van der Waals surface area contributed by atoms with Crippen LogP contribution < -0.4 is 5.32 Å². The van der Waals surface area contributed by atoms with Gasteiger partial charge in [-0.2, -0.15) is 5.10 Å². The Labute approximate surface area is 117 Å². The van der Waals surface area contributed by atoms with Crippen LogP contribution in [-0.2, 0) is 4.79 Å². The quantitative estimate of drug-likeness (QED) is 0.897. The number of anilines is 1. The maximum absolute atomic E-state index is 13.3. The Morgan fingerprint density at radius 1 is 1.45 bits per heavy atom. The van der Waals surface area contributed by atoms with Crippen molar-refractivity contribution in [1.29, 1.82) is 0 Å². The van der Waals surface area contributed by atoms with Crippen LogP contribution in [0.2, 0.25) is 0 Å². The molecule has 1 amide bonds. The van der Waals surface area contributed by atoms with E-state index >= 15 is 0 Å². The lowest BCUT2D eigenvalue weighted by Gasteiger charge is -2.08. The molecule has 2 N–H and O–H groups in total. The summed E-state index contributed by atoms with van der Waals surface area (Å²) in [4.78, 5) is 11.9. The number of halogens is 1. The van der Waals surface area contributed by atoms with E-state index in [9.17, 15) is 9.18 Å². The van der Waals surface area contributed by atoms with Gasteiger partial charge < -0.3 is 5.32 Å². The summed E-state index contributed by atoms with van der Waals surface area (Å²) in [5.74, 6) is -0.121. The second-order valence-electron chi connectivity index (χ2n) is 5.23. The first-order chi connectivity index (χ1) is 9.47. The van der Waals surface area contributed by atoms with Gasteiger partial charge in [0.15, 0.2) is 0 Å². The number of hydrogen-bond acceptors (Lipinski definition) is 2. The molecular weight excluding hydrogens is 257 g/mol. The van der Waals surface area contributed by atoms with Crippen LogP contribution in [0.4, 0.5) is 10.1 Å². The molecule has 106 valence electrons. The van der Waals surface area contributed by atoms with Gasteiger partial charge in [-0.15, -0.1) is 0 Å². The molecule has 0 fully saturated rings. The molecular formula is C15H18FN3O. The molecule has 0 atom stereocenters. The first kappa shape index (κ1) is 14.2. The van der Waals surface area contributed by atoms with Crippen LogP contribution in [0.25, 0.3) is 11.3 Å². The van der Waals surface area contributed by atoms with Crippen molar-refractivity contribution in [3.8, 4) is 11.3 Å². The first-order valence-corrected chi connectivity index (χ1v) is 6.58. The van der Waals surface area contributed by atoms with Gasteiger partial charge in [0.25, 0.3) is 0 Å². The predicted octanol–water partition coefficient (Wildman–Crippen LogP) is 3.51. The number of hydrogen-bond donors (Lipinski definition) is 2. The standard InChI is InChI=1S/C15H18FN3O/c1-9(2)7-13(20)17-14-10(3)18-19-15(14)11-5-4-6-12(16)8-11/h4-6,8-9H,7H2,1-3H3,(H,17,20)(H,18,19). The van der Waals surface area contributed by atoms with Gasteiger partial charge in [0.05, 0.1) is 11.4 Å². The van der Waals surface area contributed by atoms with E-state index in [0.29, 0.717) is 23.4 Å². The summed E-state index contributed by atoms with van der Waals surface area (Å²) in [7, 11) is 0. The molecule has 0 radical (unpaired) electrons. The fourth-order valence-corrected chi connectivity index (χ4v) is 1.99. The Morgan fingerprint density at radius 2 is 2.20 bits per heavy atom. The van der Waals surface area contributed by atoms with Gasteiger partial charge in [-0.3, -0.25) is 9.89 Å². The Morgan fingerprint density at radius 3 is 2.85 bits per heavy atom. The molecule has 0 spiro atoms. The molecule has 20 heavy (non-hydrogen) atoms. The van der Waals surface area contributed by atoms with E-state index in [2.05, 4.69) is 15.5 Å². The molecule has 0 saturated heterocycles. The van der Waals surface area contributed by atoms with Crippen molar-refractivity contribution in [2.75, 3.05) is 5.32 Å². The summed E-state index contributed by atoms with van der Waals surface area (Å²) in [6, 6.07) is 6.15. The Bertz CT molecular complexity index is 619. The normalized spacial score (nSPS) is 10.8. The van der Waals surface area contributed by atoms with Crippen LogP contribution in [0.5, 0.6) is 0 Å². The van der Waals surface area contributed by atoms with E-state index < -0.39 is 0 Å². The monoisotopic (exact) mass is 275 g/mol. The summed E-state index contributed by atoms with van der Waals surface area (Å²) in [6.45, 7) is 5.78. The lowest BCUT2D eigenvalue weighted by molar-refractivity contribution is -0.116. The number of amides is 1. The van der Waals surface area contributed by atoms with Gasteiger partial charge in [-0.25, -0.2) is 4.39 Å². The Hall–Kier alpha value is -2.17. The van der Waals surface area contributed by atoms with Crippen molar-refractivity contribution in [2.45, 2.75) is 27.2 Å². The van der Waals surface area contributed by atoms with E-state index in [0.717, 1.165) is 5.69 Å². The summed E-state index contributed by atoms with van der Waals surface area (Å²) in [6.07, 6.45) is 0.438. The van der Waals surface area contributed by atoms with Crippen LogP contribution in [0.15, 0.2) is 24.3 Å². The molecule has 0 bridgehead atoms. The number of carbonyl (C=O) groups is 1. The first-order valence-electron chi connectivity index (χ1n) is 6.58. The summed E-state index contributed by atoms with van der Waals surface area (Å²) < 4.78 is 13.3. The second kappa shape index (κ2) is 5.86. The van der Waals surface area contributed by atoms with Crippen molar-refractivity contribution in [3.63, 3.8) is 0 Å². The lowest BCUT2D eigenvalue weighted by Crippen LogP contribution is -2.14. The molecule has 0 saturated carbocycles. The minimum absolute atomic E-state index is 0.0675. The molecule has 0 aliphatic heterocycles. The third-order valence-corrected chi connectivity index (χ3v) is 2.90. The molecule has 5 heteroatoms. The van der Waals surface area contributed by atoms with Crippen molar-refractivity contribution in [3.05, 3.63) is 35.8 Å². The number of nitrogens with one attached hydrogen (secondary N) is 2. The van der Waals surface area contributed by atoms with E-state index in [1.165, 1.54) is 12.1 Å². The number of aryl methyl sites for hydroxylation is 1. The van der Waals surface area contributed by atoms with Gasteiger partial charge >= 0.3 is 0 Å². The third kappa shape index (κ3) is 3.23. The number of nitrogens with zero attached hydrogens (tertiary/aromatic N) is 1. The smallest absolute Gasteiger partial charge is 0.224 e. The second-order valence-corrected chi connectivity index (χ2v) is 5.23. The molecule has 1 aromatic heterocycles. The molecule has 4 nitrogen and oxygen atoms in total. The summed E-state index contributed by atoms with van der Waals surface area (Å²) >= 11 is 0. The number of H-pyrrole nitrogens is 1. The Kier molecular flexibility index (Phi) is 4.17. The largest absolute Gasteiger partial charge is 0.323 e. The molecule has 2 rings (SSSR count). The van der Waals surface area contributed by atoms with Gasteiger partial charge in [-0.05, 0) is 25.0 Å². The molecule has 0 aliphatic rings. The highest BCUT2D eigenvalue weighted by atomic mass is 19.1. The molecule has 1 heterocycles. The number of aromatic nitrogens is 2. The maximum atomic E-state index is 13.3. The molecule has 0 unspecified atom stereocenters. The highest BCUT2D eigenvalue weighted by Gasteiger charge is 2.15. The van der Waals surface area contributed by atoms with E-state index in [1.54, 1.807) is 12.1 Å². The van der Waals surface area contributed by atoms with Crippen molar-refractivity contribution in [2.24, 2.45) is 5.92 Å². The zero-order valence-corrected chi connectivity index (χ0v) is 11.8. The van der Waals surface area contributed by atoms with Crippen LogP contribution in [0, 0.1) is 18.7 Å². The lowest BCUT2D eigenvalue weighted by atomic mass is 10.1. The number of carbonyl (C=O) groups excluding carboxylic acids is 1. The number of benzene rings is 1. The predicted molar refractivity (Wildman–Crippen MR) is 76.8 cm³/mol. The van der Waals surface area contributed by atoms with Crippen molar-refractivity contribution in [1.82, 2.24) is 10.2 Å². The topological polar surface area (TPSA) is 57.8 Å². The van der Waals surface area contributed by atoms with Gasteiger partial charge in [0.1, 0.15) is 11.5 Å². The fraction of sp³-hybridized carbons (Fsp3) is 0.333. The summed E-state index contributed by atoms with van der Waals surface area (Å²) in [5, 5.41) is 9.83. The minimum atomic E-state index is -0.331. The van der Waals surface area contributed by atoms with E-state index in [-0.39, 0.29) is 17.6 Å². The van der Waals surface area contributed by atoms with Gasteiger partial charge in [-0.1, -0.05) is 26.0 Å². The number of aromatic amines is 1. The maximum Gasteiger partial charge on any atom is 0.224 e. The van der Waals surface area contributed by atoms with E-state index in [1.807, 2.05) is 20.8 Å². The van der Waals surface area contributed by atoms with Crippen LogP contribution in [0.3, 0.4) is 0 Å². The highest BCUT2D eigenvalue weighted by molar-refractivity contribution is 5.95. The zero-order chi connectivity index (χ0) is 14.7. The molecule has 0 aliphatic carbocycles. The molecule has 1 aromatic carbocycles. The van der Waals surface area contributed by atoms with Crippen molar-refractivity contribution < 1.29 is 9.18 Å². The fourth-order valence-electron chi connectivity index (χ4n) is 1.99. The van der Waals surface area contributed by atoms with Crippen LogP contribution in [-0.4, -0.2) is 16.1 Å². The number of rotatable bonds is 4. The minimum Gasteiger partial charge on any atom is -0.323 e. The average molecular weight is 275 g/mol. The van der Waals surface area contributed by atoms with Crippen LogP contribution in [0.1, 0.15) is 26.0 Å². The van der Waals surface area contributed by atoms with E-state index in [4.69, 9.17) is 0 Å². The van der Waals surface area contributed by atoms with Crippen LogP contribution >= 0.6 is 0 Å². The third-order valence-electron chi connectivity index (χ3n) is 2.90. The van der Waals surface area contributed by atoms with Gasteiger partial charge in [0, 0.05) is 12.0 Å². The average Bonchev–Trinajstić information content (AvgIpc) is 2.70. The molecule has 2 aromatic rings. The van der Waals surface area contributed by atoms with Gasteiger partial charge in [0.2, 0.25) is 5.91 Å².